The molecule has 1 rings (SSSR count). The number of amides is 1. The van der Waals surface area contributed by atoms with Crippen LogP contribution in [0.2, 0.25) is 0 Å². The van der Waals surface area contributed by atoms with E-state index in [-0.39, 0.29) is 24.8 Å². The van der Waals surface area contributed by atoms with Crippen molar-refractivity contribution in [2.45, 2.75) is 63.8 Å². The first-order valence-electron chi connectivity index (χ1n) is 7.91. The smallest absolute Gasteiger partial charge is 0.220 e. The largest absolute Gasteiger partial charge is 0.390 e. The molecule has 0 bridgehead atoms. The van der Waals surface area contributed by atoms with E-state index >= 15 is 0 Å². The molecule has 0 spiro atoms. The van der Waals surface area contributed by atoms with Crippen LogP contribution in [-0.2, 0) is 4.79 Å². The first-order valence-corrected chi connectivity index (χ1v) is 7.91. The molecule has 0 saturated carbocycles. The van der Waals surface area contributed by atoms with Crippen LogP contribution in [0.3, 0.4) is 0 Å². The number of rotatable bonds is 9. The lowest BCUT2D eigenvalue weighted by atomic mass is 9.98. The maximum atomic E-state index is 11.9. The Labute approximate surface area is 132 Å². The van der Waals surface area contributed by atoms with Gasteiger partial charge in [-0.3, -0.25) is 4.79 Å². The van der Waals surface area contributed by atoms with Crippen LogP contribution in [-0.4, -0.2) is 34.4 Å². The van der Waals surface area contributed by atoms with E-state index in [1.54, 1.807) is 0 Å². The second kappa shape index (κ2) is 9.56. The molecule has 0 aliphatic rings. The second-order valence-corrected chi connectivity index (χ2v) is 5.75. The second-order valence-electron chi connectivity index (χ2n) is 5.75. The fourth-order valence-corrected chi connectivity index (χ4v) is 2.38. The van der Waals surface area contributed by atoms with Gasteiger partial charge in [0.05, 0.1) is 18.2 Å². The highest BCUT2D eigenvalue weighted by atomic mass is 16.3. The SMILES string of the molecule is CCCC(N)C(O)[C@H](O)CCC(=O)N[C@H](C)c1ccccc1. The van der Waals surface area contributed by atoms with Crippen molar-refractivity contribution in [1.82, 2.24) is 5.32 Å². The average Bonchev–Trinajstić information content (AvgIpc) is 2.52. The molecule has 124 valence electrons. The quantitative estimate of drug-likeness (QED) is 0.556. The van der Waals surface area contributed by atoms with Crippen LogP contribution in [0, 0.1) is 0 Å². The molecule has 0 aliphatic heterocycles. The zero-order valence-corrected chi connectivity index (χ0v) is 13.4. The van der Waals surface area contributed by atoms with Gasteiger partial charge in [0.2, 0.25) is 5.91 Å². The van der Waals surface area contributed by atoms with Crippen LogP contribution in [0.15, 0.2) is 30.3 Å². The third-order valence-electron chi connectivity index (χ3n) is 3.80. The first kappa shape index (κ1) is 18.6. The van der Waals surface area contributed by atoms with Crippen LogP contribution in [0.1, 0.15) is 51.1 Å². The van der Waals surface area contributed by atoms with Crippen LogP contribution in [0.4, 0.5) is 0 Å². The summed E-state index contributed by atoms with van der Waals surface area (Å²) >= 11 is 0. The Morgan fingerprint density at radius 3 is 2.45 bits per heavy atom. The number of benzene rings is 1. The highest BCUT2D eigenvalue weighted by Crippen LogP contribution is 2.13. The summed E-state index contributed by atoms with van der Waals surface area (Å²) in [6.07, 6.45) is -0.103. The van der Waals surface area contributed by atoms with Gasteiger partial charge < -0.3 is 21.3 Å². The Hall–Kier alpha value is -1.43. The van der Waals surface area contributed by atoms with Crippen molar-refractivity contribution in [1.29, 1.82) is 0 Å². The number of aliphatic hydroxyl groups excluding tert-OH is 2. The van der Waals surface area contributed by atoms with Crippen molar-refractivity contribution in [3.8, 4) is 0 Å². The minimum Gasteiger partial charge on any atom is -0.390 e. The molecular formula is C17H28N2O3. The Bertz CT molecular complexity index is 439. The van der Waals surface area contributed by atoms with Crippen LogP contribution < -0.4 is 11.1 Å². The summed E-state index contributed by atoms with van der Waals surface area (Å²) in [6, 6.07) is 9.14. The predicted molar refractivity (Wildman–Crippen MR) is 87.1 cm³/mol. The molecule has 5 N–H and O–H groups in total. The van der Waals surface area contributed by atoms with Gasteiger partial charge in [0.1, 0.15) is 0 Å². The third-order valence-corrected chi connectivity index (χ3v) is 3.80. The van der Waals surface area contributed by atoms with Crippen molar-refractivity contribution in [3.63, 3.8) is 0 Å². The van der Waals surface area contributed by atoms with Gasteiger partial charge in [0.15, 0.2) is 0 Å². The number of carbonyl (C=O) groups is 1. The van der Waals surface area contributed by atoms with E-state index < -0.39 is 18.2 Å². The molecule has 22 heavy (non-hydrogen) atoms. The Morgan fingerprint density at radius 1 is 1.23 bits per heavy atom. The summed E-state index contributed by atoms with van der Waals surface area (Å²) in [6.45, 7) is 3.88. The van der Waals surface area contributed by atoms with Crippen LogP contribution in [0.5, 0.6) is 0 Å². The van der Waals surface area contributed by atoms with Crippen molar-refractivity contribution in [3.05, 3.63) is 35.9 Å². The van der Waals surface area contributed by atoms with Gasteiger partial charge in [-0.1, -0.05) is 43.7 Å². The Balaban J connectivity index is 2.36. The number of aliphatic hydroxyl groups is 2. The average molecular weight is 308 g/mol. The fraction of sp³-hybridized carbons (Fsp3) is 0.588. The molecule has 0 aromatic heterocycles. The molecule has 1 aromatic carbocycles. The van der Waals surface area contributed by atoms with E-state index in [4.69, 9.17) is 5.73 Å². The van der Waals surface area contributed by atoms with Gasteiger partial charge in [-0.25, -0.2) is 0 Å². The van der Waals surface area contributed by atoms with Gasteiger partial charge in [-0.15, -0.1) is 0 Å². The van der Waals surface area contributed by atoms with E-state index in [1.165, 1.54) is 0 Å². The number of nitrogens with one attached hydrogen (secondary N) is 1. The molecular weight excluding hydrogens is 280 g/mol. The van der Waals surface area contributed by atoms with E-state index in [0.717, 1.165) is 12.0 Å². The number of hydrogen-bond donors (Lipinski definition) is 4. The van der Waals surface area contributed by atoms with E-state index in [1.807, 2.05) is 44.2 Å². The Kier molecular flexibility index (Phi) is 8.09. The monoisotopic (exact) mass is 308 g/mol. The molecule has 4 atom stereocenters. The van der Waals surface area contributed by atoms with E-state index in [9.17, 15) is 15.0 Å². The zero-order valence-electron chi connectivity index (χ0n) is 13.4. The zero-order chi connectivity index (χ0) is 16.5. The summed E-state index contributed by atoms with van der Waals surface area (Å²) < 4.78 is 0. The van der Waals surface area contributed by atoms with E-state index in [2.05, 4.69) is 5.32 Å². The third kappa shape index (κ3) is 6.13. The minimum atomic E-state index is -0.987. The molecule has 2 unspecified atom stereocenters. The molecule has 1 amide bonds. The maximum absolute atomic E-state index is 11.9. The number of nitrogens with two attached hydrogens (primary N) is 1. The summed E-state index contributed by atoms with van der Waals surface area (Å²) in [5.74, 6) is -0.147. The fourth-order valence-electron chi connectivity index (χ4n) is 2.38. The van der Waals surface area contributed by atoms with Crippen molar-refractivity contribution in [2.75, 3.05) is 0 Å². The predicted octanol–water partition coefficient (Wildman–Crippen LogP) is 1.49. The normalized spacial score (nSPS) is 16.6. The van der Waals surface area contributed by atoms with Gasteiger partial charge in [0, 0.05) is 12.5 Å². The lowest BCUT2D eigenvalue weighted by molar-refractivity contribution is -0.122. The molecule has 1 aromatic rings. The summed E-state index contributed by atoms with van der Waals surface area (Å²) in [7, 11) is 0. The highest BCUT2D eigenvalue weighted by molar-refractivity contribution is 5.76. The summed E-state index contributed by atoms with van der Waals surface area (Å²) in [5, 5.41) is 22.7. The molecule has 0 radical (unpaired) electrons. The van der Waals surface area contributed by atoms with E-state index in [0.29, 0.717) is 6.42 Å². The molecule has 0 saturated heterocycles. The summed E-state index contributed by atoms with van der Waals surface area (Å²) in [4.78, 5) is 11.9. The van der Waals surface area contributed by atoms with Gasteiger partial charge in [-0.2, -0.15) is 0 Å². The maximum Gasteiger partial charge on any atom is 0.220 e. The van der Waals surface area contributed by atoms with Gasteiger partial charge >= 0.3 is 0 Å². The highest BCUT2D eigenvalue weighted by Gasteiger charge is 2.23. The molecule has 0 heterocycles. The van der Waals surface area contributed by atoms with Crippen LogP contribution in [0.25, 0.3) is 0 Å². The topological polar surface area (TPSA) is 95.6 Å². The number of carbonyl (C=O) groups excluding carboxylic acids is 1. The van der Waals surface area contributed by atoms with Crippen molar-refractivity contribution < 1.29 is 15.0 Å². The van der Waals surface area contributed by atoms with Crippen molar-refractivity contribution in [2.24, 2.45) is 5.73 Å². The number of hydrogen-bond acceptors (Lipinski definition) is 4. The first-order chi connectivity index (χ1) is 10.5. The minimum absolute atomic E-state index is 0.0851. The van der Waals surface area contributed by atoms with Crippen molar-refractivity contribution >= 4 is 5.91 Å². The molecule has 0 aliphatic carbocycles. The lowest BCUT2D eigenvalue weighted by Gasteiger charge is -2.23. The van der Waals surface area contributed by atoms with Gasteiger partial charge in [-0.05, 0) is 25.3 Å². The van der Waals surface area contributed by atoms with Gasteiger partial charge in [0.25, 0.3) is 0 Å². The lowest BCUT2D eigenvalue weighted by Crippen LogP contribution is -2.43. The molecule has 5 heteroatoms. The summed E-state index contributed by atoms with van der Waals surface area (Å²) in [5.41, 5.74) is 6.81. The Morgan fingerprint density at radius 2 is 1.86 bits per heavy atom. The molecule has 5 nitrogen and oxygen atoms in total. The van der Waals surface area contributed by atoms with Crippen LogP contribution >= 0.6 is 0 Å². The molecule has 0 fully saturated rings. The standard InChI is InChI=1S/C17H28N2O3/c1-3-7-14(18)17(22)15(20)10-11-16(21)19-12(2)13-8-5-4-6-9-13/h4-6,8-9,12,14-15,17,20,22H,3,7,10-11,18H2,1-2H3,(H,19,21)/t12-,14?,15-,17?/m1/s1.